The van der Waals surface area contributed by atoms with E-state index in [-0.39, 0.29) is 0 Å². The van der Waals surface area contributed by atoms with E-state index < -0.39 is 20.8 Å². The van der Waals surface area contributed by atoms with Gasteiger partial charge < -0.3 is 0 Å². The van der Waals surface area contributed by atoms with E-state index in [2.05, 4.69) is 158 Å². The summed E-state index contributed by atoms with van der Waals surface area (Å²) in [5, 5.41) is 5.48. The minimum absolute atomic E-state index is 0.578. The number of aryl methyl sites for hydroxylation is 4. The fourth-order valence-electron chi connectivity index (χ4n) is 5.43. The molecule has 0 saturated carbocycles. The van der Waals surface area contributed by atoms with Crippen LogP contribution >= 0.6 is 17.0 Å². The molecule has 0 aromatic heterocycles. The summed E-state index contributed by atoms with van der Waals surface area (Å²) < 4.78 is 0. The van der Waals surface area contributed by atoms with Gasteiger partial charge in [0.05, 0.1) is 0 Å². The van der Waals surface area contributed by atoms with E-state index in [1.807, 2.05) is 0 Å². The van der Waals surface area contributed by atoms with Crippen LogP contribution in [0.2, 0.25) is 13.1 Å². The first kappa shape index (κ1) is 35.3. The number of rotatable bonds is 3. The van der Waals surface area contributed by atoms with Crippen molar-refractivity contribution < 1.29 is 20.8 Å². The Morgan fingerprint density at radius 2 is 1.26 bits per heavy atom. The number of halogens is 2. The van der Waals surface area contributed by atoms with Crippen molar-refractivity contribution in [3.05, 3.63) is 131 Å². The predicted octanol–water partition coefficient (Wildman–Crippen LogP) is 13.0. The molecule has 0 N–H and O–H groups in total. The Kier molecular flexibility index (Phi) is 14.2. The van der Waals surface area contributed by atoms with E-state index in [0.29, 0.717) is 5.92 Å². The average molecular weight is 701 g/mol. The molecule has 0 aliphatic carbocycles. The normalized spacial score (nSPS) is 10.3. The SMILES string of the molecule is C[Si]C.Cc1cc(C)cc(-c2cccc3[cH-]c(C(C)C)cc23)c1.Cc1cc2c(-c3ccccc3)ccc(C)c2[cH-]1.[Cl][Zr+2][Cl]. The third kappa shape index (κ3) is 9.63. The third-order valence-electron chi connectivity index (χ3n) is 7.31. The molecule has 6 rings (SSSR count). The number of benzene rings is 4. The standard InChI is InChI=1S/C20H21.C17H15.C2H6Si.2ClH.Zr/c1-13(2)17-11-16-6-5-7-19(20(16)12-17)18-9-14(3)8-15(4)10-18;1-12-10-16-13(2)8-9-15(17(16)11-12)14-6-4-3-5-7-14;1-3-2;;;/h5-13H,1-4H3;3-11H,1-2H3;1-2H3;2*1H;/q2*-1;;;;+4/p-2. The van der Waals surface area contributed by atoms with Gasteiger partial charge in [-0.2, -0.15) is 12.1 Å². The Morgan fingerprint density at radius 1 is 0.651 bits per heavy atom. The molecular weight excluding hydrogens is 659 g/mol. The summed E-state index contributed by atoms with van der Waals surface area (Å²) in [6.07, 6.45) is 0. The van der Waals surface area contributed by atoms with Crippen molar-refractivity contribution in [1.29, 1.82) is 0 Å². The first-order chi connectivity index (χ1) is 20.6. The fourth-order valence-corrected chi connectivity index (χ4v) is 5.43. The molecule has 6 aromatic carbocycles. The first-order valence-electron chi connectivity index (χ1n) is 14.7. The van der Waals surface area contributed by atoms with Gasteiger partial charge in [-0.3, -0.25) is 0 Å². The Balaban J connectivity index is 0.000000201. The van der Waals surface area contributed by atoms with Crippen LogP contribution in [0.25, 0.3) is 43.8 Å². The van der Waals surface area contributed by atoms with Crippen molar-refractivity contribution in [2.24, 2.45) is 0 Å². The topological polar surface area (TPSA) is 0 Å². The second-order valence-electron chi connectivity index (χ2n) is 11.4. The summed E-state index contributed by atoms with van der Waals surface area (Å²) in [5.41, 5.74) is 12.1. The predicted molar refractivity (Wildman–Crippen MR) is 192 cm³/mol. The molecule has 0 amide bonds. The van der Waals surface area contributed by atoms with E-state index in [0.717, 1.165) is 9.52 Å². The van der Waals surface area contributed by atoms with E-state index >= 15 is 0 Å². The van der Waals surface area contributed by atoms with Crippen LogP contribution < -0.4 is 0 Å². The summed E-state index contributed by atoms with van der Waals surface area (Å²) in [4.78, 5) is 0. The molecule has 220 valence electrons. The maximum absolute atomic E-state index is 4.93. The fraction of sp³-hybridized carbons (Fsp3) is 0.231. The van der Waals surface area contributed by atoms with Gasteiger partial charge in [0.15, 0.2) is 0 Å². The van der Waals surface area contributed by atoms with Gasteiger partial charge in [-0.15, -0.1) is 68.6 Å². The quantitative estimate of drug-likeness (QED) is 0.127. The van der Waals surface area contributed by atoms with Crippen molar-refractivity contribution in [2.75, 3.05) is 0 Å². The second-order valence-corrected chi connectivity index (χ2v) is 16.1. The molecule has 0 aliphatic heterocycles. The van der Waals surface area contributed by atoms with Gasteiger partial charge >= 0.3 is 37.9 Å². The van der Waals surface area contributed by atoms with E-state index in [1.54, 1.807) is 0 Å². The minimum atomic E-state index is -0.826. The zero-order chi connectivity index (χ0) is 31.5. The zero-order valence-electron chi connectivity index (χ0n) is 26.6. The summed E-state index contributed by atoms with van der Waals surface area (Å²) in [6.45, 7) is 17.5. The maximum atomic E-state index is 4.93. The zero-order valence-corrected chi connectivity index (χ0v) is 31.6. The molecule has 0 spiro atoms. The van der Waals surface area contributed by atoms with Crippen LogP contribution in [0.15, 0.2) is 103 Å². The van der Waals surface area contributed by atoms with Crippen LogP contribution in [-0.2, 0) is 20.8 Å². The van der Waals surface area contributed by atoms with Crippen LogP contribution in [0, 0.1) is 27.7 Å². The van der Waals surface area contributed by atoms with Gasteiger partial charge in [-0.25, -0.2) is 0 Å². The van der Waals surface area contributed by atoms with Crippen LogP contribution in [0.3, 0.4) is 0 Å². The Labute approximate surface area is 280 Å². The van der Waals surface area contributed by atoms with Gasteiger partial charge in [0.1, 0.15) is 0 Å². The van der Waals surface area contributed by atoms with E-state index in [1.165, 1.54) is 71.6 Å². The molecular formula is C39H42Cl2SiZr. The number of fused-ring (bicyclic) bond motifs is 2. The Morgan fingerprint density at radius 3 is 1.86 bits per heavy atom. The van der Waals surface area contributed by atoms with Crippen LogP contribution in [0.4, 0.5) is 0 Å². The van der Waals surface area contributed by atoms with E-state index in [9.17, 15) is 0 Å². The molecule has 0 aliphatic rings. The summed E-state index contributed by atoms with van der Waals surface area (Å²) >= 11 is -0.826. The number of hydrogen-bond donors (Lipinski definition) is 0. The molecule has 43 heavy (non-hydrogen) atoms. The van der Waals surface area contributed by atoms with Crippen molar-refractivity contribution in [2.45, 2.75) is 60.6 Å². The molecule has 0 fully saturated rings. The summed E-state index contributed by atoms with van der Waals surface area (Å²) in [6, 6.07) is 37.7. The molecule has 4 heteroatoms. The van der Waals surface area contributed by atoms with Crippen molar-refractivity contribution in [1.82, 2.24) is 0 Å². The van der Waals surface area contributed by atoms with Gasteiger partial charge in [-0.05, 0) is 30.9 Å². The Hall–Kier alpha value is -2.22. The van der Waals surface area contributed by atoms with Crippen LogP contribution in [-0.4, -0.2) is 9.52 Å². The van der Waals surface area contributed by atoms with Crippen LogP contribution in [0.5, 0.6) is 0 Å². The average Bonchev–Trinajstić information content (AvgIpc) is 3.59. The monoisotopic (exact) mass is 698 g/mol. The molecule has 6 aromatic rings. The molecule has 0 heterocycles. The second kappa shape index (κ2) is 17.3. The molecule has 0 bridgehead atoms. The molecule has 0 atom stereocenters. The molecule has 0 saturated heterocycles. The van der Waals surface area contributed by atoms with Crippen LogP contribution in [0.1, 0.15) is 47.6 Å². The van der Waals surface area contributed by atoms with Gasteiger partial charge in [0.25, 0.3) is 0 Å². The van der Waals surface area contributed by atoms with Crippen molar-refractivity contribution in [3.8, 4) is 22.3 Å². The van der Waals surface area contributed by atoms with Gasteiger partial charge in [0, 0.05) is 9.52 Å². The van der Waals surface area contributed by atoms with Gasteiger partial charge in [0.2, 0.25) is 0 Å². The third-order valence-corrected chi connectivity index (χ3v) is 7.31. The summed E-state index contributed by atoms with van der Waals surface area (Å²) in [7, 11) is 11.0. The van der Waals surface area contributed by atoms with Crippen molar-refractivity contribution >= 4 is 48.1 Å². The Bertz CT molecular complexity index is 1710. The molecule has 0 unspecified atom stereocenters. The van der Waals surface area contributed by atoms with Gasteiger partial charge in [-0.1, -0.05) is 124 Å². The molecule has 0 nitrogen and oxygen atoms in total. The van der Waals surface area contributed by atoms with E-state index in [4.69, 9.17) is 17.0 Å². The number of hydrogen-bond acceptors (Lipinski definition) is 0. The molecule has 2 radical (unpaired) electrons. The van der Waals surface area contributed by atoms with Crippen molar-refractivity contribution in [3.63, 3.8) is 0 Å². The summed E-state index contributed by atoms with van der Waals surface area (Å²) in [5.74, 6) is 0.578. The first-order valence-corrected chi connectivity index (χ1v) is 23.0.